The van der Waals surface area contributed by atoms with Gasteiger partial charge in [0, 0.05) is 4.88 Å². The number of hydrogen-bond acceptors (Lipinski definition) is 2. The summed E-state index contributed by atoms with van der Waals surface area (Å²) in [6.45, 7) is 0. The second kappa shape index (κ2) is 4.43. The van der Waals surface area contributed by atoms with Gasteiger partial charge >= 0.3 is 0 Å². The predicted octanol–water partition coefficient (Wildman–Crippen LogP) is 3.73. The smallest absolute Gasteiger partial charge is 0.123 e. The summed E-state index contributed by atoms with van der Waals surface area (Å²) < 4.78 is 13.9. The van der Waals surface area contributed by atoms with Crippen LogP contribution in [0, 0.1) is 5.82 Å². The van der Waals surface area contributed by atoms with Gasteiger partial charge in [0.15, 0.2) is 0 Å². The van der Waals surface area contributed by atoms with Crippen molar-refractivity contribution < 1.29 is 9.50 Å². The normalized spacial score (nSPS) is 12.7. The Kier molecular flexibility index (Phi) is 3.19. The average molecular weight is 287 g/mol. The summed E-state index contributed by atoms with van der Waals surface area (Å²) in [5.74, 6) is -0.331. The van der Waals surface area contributed by atoms with Crippen molar-refractivity contribution in [3.05, 3.63) is 56.4 Å². The quantitative estimate of drug-likeness (QED) is 0.892. The number of hydrogen-bond donors (Lipinski definition) is 1. The maximum absolute atomic E-state index is 12.9. The zero-order chi connectivity index (χ0) is 10.8. The van der Waals surface area contributed by atoms with Gasteiger partial charge in [0.2, 0.25) is 0 Å². The minimum absolute atomic E-state index is 0.331. The van der Waals surface area contributed by atoms with E-state index in [0.717, 1.165) is 8.66 Å². The Morgan fingerprint density at radius 3 is 2.67 bits per heavy atom. The summed E-state index contributed by atoms with van der Waals surface area (Å²) in [6, 6.07) is 9.70. The second-order valence-electron chi connectivity index (χ2n) is 3.10. The van der Waals surface area contributed by atoms with Crippen molar-refractivity contribution in [3.8, 4) is 0 Å². The fourth-order valence-corrected chi connectivity index (χ4v) is 2.75. The minimum atomic E-state index is -0.753. The molecule has 0 aliphatic carbocycles. The standard InChI is InChI=1S/C11H8BrFOS/c12-10-5-4-9(15-10)11(14)7-2-1-3-8(13)6-7/h1-6,11,14H. The van der Waals surface area contributed by atoms with Gasteiger partial charge in [-0.2, -0.15) is 0 Å². The number of rotatable bonds is 2. The number of thiophene rings is 1. The topological polar surface area (TPSA) is 20.2 Å². The van der Waals surface area contributed by atoms with E-state index in [1.165, 1.54) is 23.5 Å². The van der Waals surface area contributed by atoms with Gasteiger partial charge in [0.1, 0.15) is 11.9 Å². The zero-order valence-electron chi connectivity index (χ0n) is 7.65. The summed E-state index contributed by atoms with van der Waals surface area (Å²) in [5.41, 5.74) is 0.573. The lowest BCUT2D eigenvalue weighted by atomic mass is 10.1. The van der Waals surface area contributed by atoms with Gasteiger partial charge in [0.25, 0.3) is 0 Å². The van der Waals surface area contributed by atoms with Crippen molar-refractivity contribution in [1.82, 2.24) is 0 Å². The Labute approximate surface area is 99.3 Å². The van der Waals surface area contributed by atoms with E-state index in [1.54, 1.807) is 12.1 Å². The van der Waals surface area contributed by atoms with Gasteiger partial charge in [-0.15, -0.1) is 11.3 Å². The highest BCUT2D eigenvalue weighted by molar-refractivity contribution is 9.11. The van der Waals surface area contributed by atoms with Gasteiger partial charge in [0.05, 0.1) is 3.79 Å². The third-order valence-corrected chi connectivity index (χ3v) is 3.70. The number of halogens is 2. The van der Waals surface area contributed by atoms with Gasteiger partial charge in [-0.1, -0.05) is 12.1 Å². The first-order valence-electron chi connectivity index (χ1n) is 4.35. The summed E-state index contributed by atoms with van der Waals surface area (Å²) in [4.78, 5) is 0.799. The maximum atomic E-state index is 12.9. The lowest BCUT2D eigenvalue weighted by molar-refractivity contribution is 0.223. The van der Waals surface area contributed by atoms with Crippen molar-refractivity contribution in [2.75, 3.05) is 0 Å². The molecule has 1 N–H and O–H groups in total. The van der Waals surface area contributed by atoms with Crippen LogP contribution in [0.25, 0.3) is 0 Å². The lowest BCUT2D eigenvalue weighted by Crippen LogP contribution is -1.96. The summed E-state index contributed by atoms with van der Waals surface area (Å²) in [6.07, 6.45) is -0.753. The van der Waals surface area contributed by atoms with Crippen LogP contribution in [-0.2, 0) is 0 Å². The molecule has 0 bridgehead atoms. The first-order chi connectivity index (χ1) is 7.16. The first kappa shape index (κ1) is 10.8. The summed E-state index contributed by atoms with van der Waals surface area (Å²) in [7, 11) is 0. The molecule has 0 saturated heterocycles. The van der Waals surface area contributed by atoms with E-state index < -0.39 is 6.10 Å². The van der Waals surface area contributed by atoms with E-state index in [-0.39, 0.29) is 5.82 Å². The highest BCUT2D eigenvalue weighted by atomic mass is 79.9. The number of aliphatic hydroxyl groups excluding tert-OH is 1. The molecule has 78 valence electrons. The number of benzene rings is 1. The molecule has 2 rings (SSSR count). The van der Waals surface area contributed by atoms with Crippen LogP contribution in [0.5, 0.6) is 0 Å². The molecule has 1 heterocycles. The van der Waals surface area contributed by atoms with Crippen LogP contribution in [0.1, 0.15) is 16.5 Å². The molecule has 0 spiro atoms. The van der Waals surface area contributed by atoms with Crippen molar-refractivity contribution in [2.45, 2.75) is 6.10 Å². The average Bonchev–Trinajstić information content (AvgIpc) is 2.64. The molecule has 0 radical (unpaired) electrons. The molecule has 1 aromatic carbocycles. The second-order valence-corrected chi connectivity index (χ2v) is 5.59. The molecule has 0 aliphatic heterocycles. The highest BCUT2D eigenvalue weighted by Crippen LogP contribution is 2.31. The molecule has 0 aliphatic rings. The van der Waals surface area contributed by atoms with Gasteiger partial charge in [-0.05, 0) is 45.8 Å². The van der Waals surface area contributed by atoms with Crippen molar-refractivity contribution in [1.29, 1.82) is 0 Å². The Morgan fingerprint density at radius 2 is 2.07 bits per heavy atom. The number of aliphatic hydroxyl groups is 1. The van der Waals surface area contributed by atoms with Gasteiger partial charge in [-0.25, -0.2) is 4.39 Å². The van der Waals surface area contributed by atoms with Crippen molar-refractivity contribution in [2.24, 2.45) is 0 Å². The molecule has 1 unspecified atom stereocenters. The molecule has 0 saturated carbocycles. The Balaban J connectivity index is 2.32. The molecule has 0 fully saturated rings. The van der Waals surface area contributed by atoms with Gasteiger partial charge < -0.3 is 5.11 Å². The first-order valence-corrected chi connectivity index (χ1v) is 5.96. The molecule has 0 amide bonds. The van der Waals surface area contributed by atoms with E-state index in [9.17, 15) is 9.50 Å². The molecular weight excluding hydrogens is 279 g/mol. The van der Waals surface area contributed by atoms with Crippen LogP contribution in [-0.4, -0.2) is 5.11 Å². The van der Waals surface area contributed by atoms with E-state index >= 15 is 0 Å². The maximum Gasteiger partial charge on any atom is 0.123 e. The summed E-state index contributed by atoms with van der Waals surface area (Å²) in [5, 5.41) is 9.95. The molecule has 1 atom stereocenters. The van der Waals surface area contributed by atoms with E-state index in [0.29, 0.717) is 5.56 Å². The van der Waals surface area contributed by atoms with Crippen LogP contribution in [0.4, 0.5) is 4.39 Å². The zero-order valence-corrected chi connectivity index (χ0v) is 10.1. The van der Waals surface area contributed by atoms with Crippen LogP contribution in [0.2, 0.25) is 0 Å². The Bertz CT molecular complexity index is 469. The van der Waals surface area contributed by atoms with Crippen molar-refractivity contribution >= 4 is 27.3 Å². The Hall–Kier alpha value is -0.710. The van der Waals surface area contributed by atoms with E-state index in [1.807, 2.05) is 12.1 Å². The SMILES string of the molecule is OC(c1cccc(F)c1)c1ccc(Br)s1. The van der Waals surface area contributed by atoms with Crippen LogP contribution < -0.4 is 0 Å². The third-order valence-electron chi connectivity index (χ3n) is 2.03. The van der Waals surface area contributed by atoms with E-state index in [2.05, 4.69) is 15.9 Å². The fourth-order valence-electron chi connectivity index (χ4n) is 1.32. The highest BCUT2D eigenvalue weighted by Gasteiger charge is 2.12. The van der Waals surface area contributed by atoms with E-state index in [4.69, 9.17) is 0 Å². The Morgan fingerprint density at radius 1 is 1.27 bits per heavy atom. The molecule has 2 aromatic rings. The largest absolute Gasteiger partial charge is 0.383 e. The van der Waals surface area contributed by atoms with Crippen LogP contribution >= 0.6 is 27.3 Å². The minimum Gasteiger partial charge on any atom is -0.383 e. The third kappa shape index (κ3) is 2.45. The predicted molar refractivity (Wildman–Crippen MR) is 62.5 cm³/mol. The molecule has 1 nitrogen and oxygen atoms in total. The summed E-state index contributed by atoms with van der Waals surface area (Å²) >= 11 is 4.76. The molecular formula is C11H8BrFOS. The van der Waals surface area contributed by atoms with Crippen LogP contribution in [0.15, 0.2) is 40.2 Å². The molecule has 1 aromatic heterocycles. The monoisotopic (exact) mass is 286 g/mol. The van der Waals surface area contributed by atoms with Crippen molar-refractivity contribution in [3.63, 3.8) is 0 Å². The van der Waals surface area contributed by atoms with Crippen LogP contribution in [0.3, 0.4) is 0 Å². The fraction of sp³-hybridized carbons (Fsp3) is 0.0909. The van der Waals surface area contributed by atoms with Gasteiger partial charge in [-0.3, -0.25) is 0 Å². The molecule has 4 heteroatoms. The molecule has 15 heavy (non-hydrogen) atoms. The lowest BCUT2D eigenvalue weighted by Gasteiger charge is -2.08.